The van der Waals surface area contributed by atoms with Gasteiger partial charge in [0.05, 0.1) is 0 Å². The van der Waals surface area contributed by atoms with Crippen LogP contribution in [-0.2, 0) is 16.4 Å². The summed E-state index contributed by atoms with van der Waals surface area (Å²) in [6.45, 7) is 0.727. The summed E-state index contributed by atoms with van der Waals surface area (Å²) in [5, 5.41) is 8.95. The van der Waals surface area contributed by atoms with Crippen LogP contribution in [-0.4, -0.2) is 37.0 Å². The van der Waals surface area contributed by atoms with Crippen LogP contribution in [0.2, 0.25) is 0 Å². The number of piperidine rings is 1. The first kappa shape index (κ1) is 14.5. The summed E-state index contributed by atoms with van der Waals surface area (Å²) in [5.74, 6) is 0.565. The molecule has 0 bridgehead atoms. The Hall–Kier alpha value is -0.430. The molecule has 1 aliphatic heterocycles. The van der Waals surface area contributed by atoms with Crippen LogP contribution >= 0.6 is 11.3 Å². The summed E-state index contributed by atoms with van der Waals surface area (Å²) in [6.07, 6.45) is 6.04. The summed E-state index contributed by atoms with van der Waals surface area (Å²) in [5.41, 5.74) is 0. The van der Waals surface area contributed by atoms with Crippen molar-refractivity contribution in [3.63, 3.8) is 0 Å². The van der Waals surface area contributed by atoms with Crippen molar-refractivity contribution in [3.05, 3.63) is 17.0 Å². The fraction of sp³-hybridized carbons (Fsp3) is 0.714. The van der Waals surface area contributed by atoms with Gasteiger partial charge in [-0.25, -0.2) is 8.42 Å². The van der Waals surface area contributed by atoms with Crippen LogP contribution in [0.5, 0.6) is 0 Å². The van der Waals surface area contributed by atoms with Gasteiger partial charge < -0.3 is 5.11 Å². The van der Waals surface area contributed by atoms with Crippen molar-refractivity contribution < 1.29 is 13.5 Å². The number of nitrogens with zero attached hydrogens (tertiary/aromatic N) is 1. The van der Waals surface area contributed by atoms with Gasteiger partial charge in [0.2, 0.25) is 0 Å². The van der Waals surface area contributed by atoms with Crippen LogP contribution < -0.4 is 0 Å². The number of fused-ring (bicyclic) bond motifs is 1. The zero-order valence-corrected chi connectivity index (χ0v) is 13.1. The highest BCUT2D eigenvalue weighted by Gasteiger charge is 2.41. The summed E-state index contributed by atoms with van der Waals surface area (Å²) < 4.78 is 27.8. The molecule has 2 atom stereocenters. The highest BCUT2D eigenvalue weighted by Crippen LogP contribution is 2.40. The predicted molar refractivity (Wildman–Crippen MR) is 79.4 cm³/mol. The van der Waals surface area contributed by atoms with Gasteiger partial charge in [-0.3, -0.25) is 0 Å². The van der Waals surface area contributed by atoms with Gasteiger partial charge in [0.1, 0.15) is 4.21 Å². The smallest absolute Gasteiger partial charge is 0.252 e. The predicted octanol–water partition coefficient (Wildman–Crippen LogP) is 2.24. The van der Waals surface area contributed by atoms with E-state index >= 15 is 0 Å². The van der Waals surface area contributed by atoms with Crippen molar-refractivity contribution in [2.45, 2.75) is 48.8 Å². The Morgan fingerprint density at radius 3 is 2.85 bits per heavy atom. The number of aliphatic hydroxyl groups excluding tert-OH is 1. The van der Waals surface area contributed by atoms with Crippen molar-refractivity contribution >= 4 is 21.4 Å². The lowest BCUT2D eigenvalue weighted by Gasteiger charge is -2.36. The molecule has 3 rings (SSSR count). The van der Waals surface area contributed by atoms with Crippen LogP contribution in [0.15, 0.2) is 16.3 Å². The molecule has 1 aromatic rings. The van der Waals surface area contributed by atoms with Gasteiger partial charge >= 0.3 is 0 Å². The van der Waals surface area contributed by atoms with E-state index in [0.29, 0.717) is 23.1 Å². The van der Waals surface area contributed by atoms with Crippen molar-refractivity contribution in [2.24, 2.45) is 5.92 Å². The number of rotatable bonds is 4. The molecule has 20 heavy (non-hydrogen) atoms. The molecular weight excluding hydrogens is 294 g/mol. The molecule has 1 aliphatic carbocycles. The number of thiophene rings is 1. The van der Waals surface area contributed by atoms with Crippen molar-refractivity contribution in [1.29, 1.82) is 0 Å². The fourth-order valence-corrected chi connectivity index (χ4v) is 6.79. The molecule has 0 spiro atoms. The maximum Gasteiger partial charge on any atom is 0.252 e. The Kier molecular flexibility index (Phi) is 4.17. The lowest BCUT2D eigenvalue weighted by atomic mass is 9.94. The minimum Gasteiger partial charge on any atom is -0.396 e. The standard InChI is InChI=1S/C14H21NO3S2/c16-10-8-12-6-7-14(19-12)20(17,18)15-9-2-4-11-3-1-5-13(11)15/h6-7,11,13,16H,1-5,8-10H2. The second-order valence-electron chi connectivity index (χ2n) is 5.71. The van der Waals surface area contributed by atoms with Crippen LogP contribution in [0.25, 0.3) is 0 Å². The first-order valence-electron chi connectivity index (χ1n) is 7.34. The van der Waals surface area contributed by atoms with Crippen LogP contribution in [0.4, 0.5) is 0 Å². The molecule has 2 heterocycles. The molecule has 1 saturated carbocycles. The molecule has 0 aromatic carbocycles. The van der Waals surface area contributed by atoms with Crippen LogP contribution in [0.1, 0.15) is 37.0 Å². The van der Waals surface area contributed by atoms with Gasteiger partial charge in [-0.05, 0) is 43.7 Å². The average Bonchev–Trinajstić information content (AvgIpc) is 3.06. The molecule has 2 fully saturated rings. The quantitative estimate of drug-likeness (QED) is 0.927. The lowest BCUT2D eigenvalue weighted by Crippen LogP contribution is -2.45. The molecule has 1 aromatic heterocycles. The Morgan fingerprint density at radius 1 is 1.25 bits per heavy atom. The second-order valence-corrected chi connectivity index (χ2v) is 9.00. The third-order valence-electron chi connectivity index (χ3n) is 4.50. The number of aliphatic hydroxyl groups is 1. The van der Waals surface area contributed by atoms with Crippen LogP contribution in [0.3, 0.4) is 0 Å². The molecular formula is C14H21NO3S2. The first-order valence-corrected chi connectivity index (χ1v) is 9.60. The van der Waals surface area contributed by atoms with E-state index in [0.717, 1.165) is 24.1 Å². The third-order valence-corrected chi connectivity index (χ3v) is 8.04. The second kappa shape index (κ2) is 5.75. The lowest BCUT2D eigenvalue weighted by molar-refractivity contribution is 0.202. The maximum atomic E-state index is 12.8. The molecule has 1 N–H and O–H groups in total. The minimum atomic E-state index is -3.34. The van der Waals surface area contributed by atoms with E-state index in [2.05, 4.69) is 0 Å². The van der Waals surface area contributed by atoms with Gasteiger partial charge in [-0.15, -0.1) is 11.3 Å². The largest absolute Gasteiger partial charge is 0.396 e. The van der Waals surface area contributed by atoms with E-state index in [4.69, 9.17) is 5.11 Å². The Morgan fingerprint density at radius 2 is 2.05 bits per heavy atom. The maximum absolute atomic E-state index is 12.8. The zero-order valence-electron chi connectivity index (χ0n) is 11.5. The van der Waals surface area contributed by atoms with E-state index in [1.807, 2.05) is 6.07 Å². The summed E-state index contributed by atoms with van der Waals surface area (Å²) in [4.78, 5) is 0.936. The fourth-order valence-electron chi connectivity index (χ4n) is 3.56. The Balaban J connectivity index is 1.86. The summed E-state index contributed by atoms with van der Waals surface area (Å²) >= 11 is 1.30. The van der Waals surface area contributed by atoms with Gasteiger partial charge in [0.15, 0.2) is 0 Å². The molecule has 0 radical (unpaired) electrons. The van der Waals surface area contributed by atoms with Crippen molar-refractivity contribution in [3.8, 4) is 0 Å². The molecule has 2 aliphatic rings. The topological polar surface area (TPSA) is 57.6 Å². The summed E-state index contributed by atoms with van der Waals surface area (Å²) in [6, 6.07) is 3.74. The molecule has 4 nitrogen and oxygen atoms in total. The highest BCUT2D eigenvalue weighted by molar-refractivity contribution is 7.91. The van der Waals surface area contributed by atoms with Gasteiger partial charge in [0.25, 0.3) is 10.0 Å². The SMILES string of the molecule is O=S(=O)(c1ccc(CCO)s1)N1CCCC2CCCC21. The molecule has 0 amide bonds. The van der Waals surface area contributed by atoms with E-state index < -0.39 is 10.0 Å². The molecule has 2 unspecified atom stereocenters. The van der Waals surface area contributed by atoms with Crippen molar-refractivity contribution in [1.82, 2.24) is 4.31 Å². The molecule has 1 saturated heterocycles. The van der Waals surface area contributed by atoms with Gasteiger partial charge in [-0.1, -0.05) is 6.42 Å². The van der Waals surface area contributed by atoms with Gasteiger partial charge in [0, 0.05) is 30.5 Å². The van der Waals surface area contributed by atoms with E-state index in [-0.39, 0.29) is 12.6 Å². The molecule has 6 heteroatoms. The Labute approximate surface area is 124 Å². The third kappa shape index (κ3) is 2.54. The number of hydrogen-bond donors (Lipinski definition) is 1. The summed E-state index contributed by atoms with van der Waals surface area (Å²) in [7, 11) is -3.34. The monoisotopic (exact) mass is 315 g/mol. The normalized spacial score (nSPS) is 27.6. The van der Waals surface area contributed by atoms with Crippen molar-refractivity contribution in [2.75, 3.05) is 13.2 Å². The van der Waals surface area contributed by atoms with Gasteiger partial charge in [-0.2, -0.15) is 4.31 Å². The highest BCUT2D eigenvalue weighted by atomic mass is 32.2. The van der Waals surface area contributed by atoms with Crippen LogP contribution in [0, 0.1) is 5.92 Å². The number of sulfonamides is 1. The van der Waals surface area contributed by atoms with E-state index in [1.54, 1.807) is 10.4 Å². The van der Waals surface area contributed by atoms with E-state index in [1.165, 1.54) is 24.2 Å². The number of hydrogen-bond acceptors (Lipinski definition) is 4. The van der Waals surface area contributed by atoms with E-state index in [9.17, 15) is 8.42 Å². The first-order chi connectivity index (χ1) is 9.63. The minimum absolute atomic E-state index is 0.0639. The molecule has 112 valence electrons. The zero-order chi connectivity index (χ0) is 14.2. The Bertz CT molecular complexity index is 567. The average molecular weight is 315 g/mol.